The molecule has 2 aromatic rings. The Kier molecular flexibility index (Phi) is 10.1. The zero-order chi connectivity index (χ0) is 29.7. The molecule has 9 atom stereocenters. The number of carbonyl (C=O) groups excluding carboxylic acids is 2. The Balaban J connectivity index is 1.51. The van der Waals surface area contributed by atoms with Crippen molar-refractivity contribution in [3.05, 3.63) is 71.8 Å². The summed E-state index contributed by atoms with van der Waals surface area (Å²) < 4.78 is 37.3. The average molecular weight is 581 g/mol. The number of ketones is 1. The molecule has 8 nitrogen and oxygen atoms in total. The highest BCUT2D eigenvalue weighted by Crippen LogP contribution is 2.62. The van der Waals surface area contributed by atoms with Gasteiger partial charge in [0.1, 0.15) is 18.2 Å². The lowest BCUT2D eigenvalue weighted by molar-refractivity contribution is -0.213. The molecule has 1 aliphatic heterocycles. The van der Waals surface area contributed by atoms with Crippen LogP contribution in [-0.4, -0.2) is 62.3 Å². The molecule has 0 amide bonds. The van der Waals surface area contributed by atoms with Crippen molar-refractivity contribution in [2.24, 2.45) is 23.7 Å². The van der Waals surface area contributed by atoms with Crippen LogP contribution in [0.1, 0.15) is 51.2 Å². The van der Waals surface area contributed by atoms with E-state index in [1.807, 2.05) is 55.5 Å². The van der Waals surface area contributed by atoms with Crippen LogP contribution >= 0.6 is 0 Å². The van der Waals surface area contributed by atoms with Crippen molar-refractivity contribution in [3.8, 4) is 0 Å². The molecule has 2 saturated carbocycles. The van der Waals surface area contributed by atoms with E-state index in [4.69, 9.17) is 28.4 Å². The number of hydrogen-bond donors (Lipinski definition) is 0. The Labute approximate surface area is 249 Å². The van der Waals surface area contributed by atoms with Crippen LogP contribution in [0.15, 0.2) is 60.7 Å². The van der Waals surface area contributed by atoms with E-state index in [0.29, 0.717) is 32.7 Å². The third-order valence-electron chi connectivity index (χ3n) is 9.41. The third kappa shape index (κ3) is 6.06. The van der Waals surface area contributed by atoms with E-state index in [1.165, 1.54) is 0 Å². The van der Waals surface area contributed by atoms with E-state index in [0.717, 1.165) is 11.1 Å². The molecule has 3 fully saturated rings. The molecule has 2 aromatic carbocycles. The van der Waals surface area contributed by atoms with E-state index in [9.17, 15) is 9.59 Å². The van der Waals surface area contributed by atoms with Gasteiger partial charge in [-0.25, -0.2) is 0 Å². The minimum Gasteiger partial charge on any atom is -0.466 e. The second-order valence-electron chi connectivity index (χ2n) is 11.8. The van der Waals surface area contributed by atoms with Crippen molar-refractivity contribution < 1.29 is 38.0 Å². The number of Topliss-reactive ketones (excluding diaryl/α,β-unsaturated/α-hetero) is 1. The highest BCUT2D eigenvalue weighted by molar-refractivity contribution is 5.85. The fourth-order valence-corrected chi connectivity index (χ4v) is 7.62. The standard InChI is InChI=1S/C34H44O8/c1-5-38-29(36)17-16-27-28(35)18-26-30-31(39-19-24-12-8-6-9-13-24)22(2)32(40-20-25-14-10-7-11-15-25)33(26)42-34(27,30)23(3)41-21-37-4/h6-15,22-23,26-27,30-33H,5,16-21H2,1-4H3/t22-,23-,26-,27-,30+,31-,32-,33-,34+/m1/s1. The largest absolute Gasteiger partial charge is 0.466 e. The summed E-state index contributed by atoms with van der Waals surface area (Å²) >= 11 is 0. The molecule has 1 heterocycles. The molecular weight excluding hydrogens is 536 g/mol. The van der Waals surface area contributed by atoms with Crippen molar-refractivity contribution in [2.75, 3.05) is 20.5 Å². The minimum atomic E-state index is -1.00. The van der Waals surface area contributed by atoms with Crippen LogP contribution in [0.4, 0.5) is 0 Å². The van der Waals surface area contributed by atoms with Crippen LogP contribution < -0.4 is 0 Å². The van der Waals surface area contributed by atoms with Gasteiger partial charge in [0.05, 0.1) is 50.2 Å². The number of carbonyl (C=O) groups is 2. The van der Waals surface area contributed by atoms with Crippen molar-refractivity contribution >= 4 is 11.8 Å². The van der Waals surface area contributed by atoms with Crippen molar-refractivity contribution in [3.63, 3.8) is 0 Å². The zero-order valence-corrected chi connectivity index (χ0v) is 25.1. The van der Waals surface area contributed by atoms with Crippen LogP contribution in [0.25, 0.3) is 0 Å². The van der Waals surface area contributed by atoms with E-state index in [-0.39, 0.29) is 61.0 Å². The molecule has 3 aliphatic rings. The predicted molar refractivity (Wildman–Crippen MR) is 155 cm³/mol. The summed E-state index contributed by atoms with van der Waals surface area (Å²) in [5, 5.41) is 0. The quantitative estimate of drug-likeness (QED) is 0.225. The second-order valence-corrected chi connectivity index (χ2v) is 11.8. The maximum Gasteiger partial charge on any atom is 0.305 e. The normalized spacial score (nSPS) is 32.5. The molecule has 0 aromatic heterocycles. The topological polar surface area (TPSA) is 89.5 Å². The lowest BCUT2D eigenvalue weighted by atomic mass is 9.55. The summed E-state index contributed by atoms with van der Waals surface area (Å²) in [5.41, 5.74) is 1.14. The highest BCUT2D eigenvalue weighted by atomic mass is 16.7. The van der Waals surface area contributed by atoms with Gasteiger partial charge < -0.3 is 28.4 Å². The molecule has 2 aliphatic carbocycles. The van der Waals surface area contributed by atoms with Gasteiger partial charge in [-0.15, -0.1) is 0 Å². The van der Waals surface area contributed by atoms with E-state index >= 15 is 0 Å². The fourth-order valence-electron chi connectivity index (χ4n) is 7.62. The first-order valence-electron chi connectivity index (χ1n) is 15.2. The fraction of sp³-hybridized carbons (Fsp3) is 0.588. The van der Waals surface area contributed by atoms with Crippen LogP contribution in [0.5, 0.6) is 0 Å². The number of methoxy groups -OCH3 is 1. The van der Waals surface area contributed by atoms with Gasteiger partial charge in [-0.2, -0.15) is 0 Å². The number of esters is 1. The maximum atomic E-state index is 13.9. The Morgan fingerprint density at radius 1 is 1.00 bits per heavy atom. The first-order chi connectivity index (χ1) is 20.4. The van der Waals surface area contributed by atoms with Gasteiger partial charge in [0.25, 0.3) is 0 Å². The molecule has 8 heteroatoms. The summed E-state index contributed by atoms with van der Waals surface area (Å²) in [6, 6.07) is 20.2. The summed E-state index contributed by atoms with van der Waals surface area (Å²) in [6.45, 7) is 7.12. The predicted octanol–water partition coefficient (Wildman–Crippen LogP) is 5.12. The first-order valence-corrected chi connectivity index (χ1v) is 15.2. The smallest absolute Gasteiger partial charge is 0.305 e. The summed E-state index contributed by atoms with van der Waals surface area (Å²) in [4.78, 5) is 26.3. The van der Waals surface area contributed by atoms with Gasteiger partial charge >= 0.3 is 5.97 Å². The van der Waals surface area contributed by atoms with Gasteiger partial charge in [0, 0.05) is 37.7 Å². The molecule has 0 radical (unpaired) electrons. The number of ether oxygens (including phenoxy) is 6. The molecule has 228 valence electrons. The van der Waals surface area contributed by atoms with Crippen LogP contribution in [0.2, 0.25) is 0 Å². The molecule has 4 bridgehead atoms. The SMILES string of the molecule is CCOC(=O)CC[C@@H]1C(=O)C[C@H]2[C@H]3O[C@]1([C@@H](C)OCOC)[C@@H]2[C@H](OCc1ccccc1)[C@@H](C)[C@H]3OCc1ccccc1. The summed E-state index contributed by atoms with van der Waals surface area (Å²) in [7, 11) is 1.58. The Hall–Kier alpha value is -2.62. The minimum absolute atomic E-state index is 0.0147. The number of rotatable bonds is 14. The molecular formula is C34H44O8. The summed E-state index contributed by atoms with van der Waals surface area (Å²) in [5.74, 6) is -1.02. The van der Waals surface area contributed by atoms with Crippen molar-refractivity contribution in [2.45, 2.75) is 83.3 Å². The van der Waals surface area contributed by atoms with Gasteiger partial charge in [0.2, 0.25) is 0 Å². The third-order valence-corrected chi connectivity index (χ3v) is 9.41. The highest BCUT2D eigenvalue weighted by Gasteiger charge is 2.73. The zero-order valence-electron chi connectivity index (χ0n) is 25.1. The molecule has 5 rings (SSSR count). The maximum absolute atomic E-state index is 13.9. The lowest BCUT2D eigenvalue weighted by Crippen LogP contribution is -2.64. The summed E-state index contributed by atoms with van der Waals surface area (Å²) in [6.07, 6.45) is -0.548. The van der Waals surface area contributed by atoms with Gasteiger partial charge in [-0.05, 0) is 31.4 Å². The van der Waals surface area contributed by atoms with Gasteiger partial charge in [0.15, 0.2) is 0 Å². The Bertz CT molecular complexity index is 1170. The second kappa shape index (κ2) is 13.8. The van der Waals surface area contributed by atoms with E-state index in [1.54, 1.807) is 14.0 Å². The Morgan fingerprint density at radius 2 is 1.62 bits per heavy atom. The van der Waals surface area contributed by atoms with Gasteiger partial charge in [-0.1, -0.05) is 67.6 Å². The molecule has 0 spiro atoms. The van der Waals surface area contributed by atoms with Crippen LogP contribution in [-0.2, 0) is 51.2 Å². The van der Waals surface area contributed by atoms with Crippen LogP contribution in [0.3, 0.4) is 0 Å². The number of hydrogen-bond acceptors (Lipinski definition) is 8. The first kappa shape index (κ1) is 30.8. The molecule has 1 saturated heterocycles. The average Bonchev–Trinajstić information content (AvgIpc) is 3.18. The molecule has 0 unspecified atom stereocenters. The molecule has 0 N–H and O–H groups in total. The monoisotopic (exact) mass is 580 g/mol. The Morgan fingerprint density at radius 3 is 2.21 bits per heavy atom. The van der Waals surface area contributed by atoms with Crippen LogP contribution in [0, 0.1) is 23.7 Å². The van der Waals surface area contributed by atoms with Crippen molar-refractivity contribution in [1.82, 2.24) is 0 Å². The number of benzene rings is 2. The van der Waals surface area contributed by atoms with E-state index < -0.39 is 17.6 Å². The molecule has 42 heavy (non-hydrogen) atoms. The van der Waals surface area contributed by atoms with Gasteiger partial charge in [-0.3, -0.25) is 9.59 Å². The van der Waals surface area contributed by atoms with Crippen molar-refractivity contribution in [1.29, 1.82) is 0 Å². The van der Waals surface area contributed by atoms with E-state index in [2.05, 4.69) is 19.1 Å². The lowest BCUT2D eigenvalue weighted by Gasteiger charge is -2.52.